The number of ether oxygens (including phenoxy) is 2. The van der Waals surface area contributed by atoms with Gasteiger partial charge in [-0.25, -0.2) is 15.0 Å². The number of hydrogen-bond donors (Lipinski definition) is 2. The third-order valence-electron chi connectivity index (χ3n) is 5.06. The van der Waals surface area contributed by atoms with Crippen molar-refractivity contribution in [1.29, 1.82) is 0 Å². The fraction of sp³-hybridized carbons (Fsp3) is 0.136. The first-order valence-corrected chi connectivity index (χ1v) is 12.3. The van der Waals surface area contributed by atoms with Gasteiger partial charge in [0.2, 0.25) is 5.09 Å². The van der Waals surface area contributed by atoms with E-state index in [4.69, 9.17) is 38.4 Å². The van der Waals surface area contributed by atoms with E-state index in [1.165, 1.54) is 24.4 Å². The van der Waals surface area contributed by atoms with E-state index in [1.807, 2.05) is 24.3 Å². The van der Waals surface area contributed by atoms with Crippen LogP contribution in [0.2, 0.25) is 10.0 Å². The quantitative estimate of drug-likeness (QED) is 0.292. The maximum absolute atomic E-state index is 11.0. The number of nitrogen functional groups attached to an aromatic ring is 1. The molecule has 0 saturated carbocycles. The summed E-state index contributed by atoms with van der Waals surface area (Å²) in [4.78, 5) is 13.0. The molecule has 0 radical (unpaired) electrons. The molecule has 2 aromatic carbocycles. The van der Waals surface area contributed by atoms with Gasteiger partial charge in [0.15, 0.2) is 22.1 Å². The van der Waals surface area contributed by atoms with Gasteiger partial charge in [0.1, 0.15) is 12.6 Å². The van der Waals surface area contributed by atoms with Crippen LogP contribution in [-0.4, -0.2) is 24.6 Å². The summed E-state index contributed by atoms with van der Waals surface area (Å²) >= 11 is 17.0. The Labute approximate surface area is 216 Å². The van der Waals surface area contributed by atoms with Gasteiger partial charge in [0, 0.05) is 25.6 Å². The molecule has 0 spiro atoms. The Morgan fingerprint density at radius 1 is 1.21 bits per heavy atom. The van der Waals surface area contributed by atoms with Crippen LogP contribution in [0.5, 0.6) is 0 Å². The average Bonchev–Trinajstić information content (AvgIpc) is 3.40. The van der Waals surface area contributed by atoms with E-state index in [9.17, 15) is 5.11 Å². The Balaban J connectivity index is 1.44. The fourth-order valence-electron chi connectivity index (χ4n) is 3.44. The number of fused-ring (bicyclic) bond motifs is 1. The zero-order chi connectivity index (χ0) is 23.8. The Bertz CT molecular complexity index is 1420. The van der Waals surface area contributed by atoms with Crippen molar-refractivity contribution in [3.05, 3.63) is 85.8 Å². The van der Waals surface area contributed by atoms with Crippen molar-refractivity contribution in [2.24, 2.45) is 0 Å². The van der Waals surface area contributed by atoms with Crippen LogP contribution in [0.1, 0.15) is 23.5 Å². The second-order valence-corrected chi connectivity index (χ2v) is 9.93. The second kappa shape index (κ2) is 9.63. The molecule has 1 aliphatic rings. The van der Waals surface area contributed by atoms with E-state index in [-0.39, 0.29) is 12.4 Å². The van der Waals surface area contributed by atoms with Gasteiger partial charge in [-0.2, -0.15) is 0 Å². The Hall–Kier alpha value is -2.50. The van der Waals surface area contributed by atoms with Crippen molar-refractivity contribution < 1.29 is 14.6 Å². The summed E-state index contributed by atoms with van der Waals surface area (Å²) in [6.45, 7) is 0.110. The third-order valence-corrected chi connectivity index (χ3v) is 7.24. The molecule has 174 valence electrons. The van der Waals surface area contributed by atoms with Gasteiger partial charge >= 0.3 is 0 Å². The molecule has 5 rings (SSSR count). The highest BCUT2D eigenvalue weighted by atomic mass is 79.9. The number of halogens is 3. The second-order valence-electron chi connectivity index (χ2n) is 7.26. The van der Waals surface area contributed by atoms with E-state index in [0.29, 0.717) is 37.0 Å². The predicted octanol–water partition coefficient (Wildman–Crippen LogP) is 5.85. The van der Waals surface area contributed by atoms with E-state index < -0.39 is 12.4 Å². The maximum Gasteiger partial charge on any atom is 0.268 e. The minimum Gasteiger partial charge on any atom is -0.454 e. The monoisotopic (exact) mass is 579 g/mol. The van der Waals surface area contributed by atoms with E-state index in [1.54, 1.807) is 22.8 Å². The van der Waals surface area contributed by atoms with Crippen molar-refractivity contribution in [1.82, 2.24) is 19.5 Å². The summed E-state index contributed by atoms with van der Waals surface area (Å²) in [6, 6.07) is 12.6. The summed E-state index contributed by atoms with van der Waals surface area (Å²) in [7, 11) is 0. The molecule has 0 bridgehead atoms. The van der Waals surface area contributed by atoms with E-state index in [0.717, 1.165) is 10.0 Å². The first-order valence-electron chi connectivity index (χ1n) is 9.95. The number of aliphatic hydroxyl groups excluding tert-OH is 1. The SMILES string of the molecule is Nc1ncnc2c1nc(SC1=COC(c3ccccc3Br)O1)n2CC(O)c1ccc(Cl)cc1Cl. The number of nitrogens with zero attached hydrogens (tertiary/aromatic N) is 4. The number of aromatic nitrogens is 4. The minimum absolute atomic E-state index is 0.110. The first-order chi connectivity index (χ1) is 16.4. The Kier molecular flexibility index (Phi) is 6.59. The molecule has 12 heteroatoms. The molecule has 8 nitrogen and oxygen atoms in total. The molecule has 0 amide bonds. The number of imidazole rings is 1. The molecule has 0 saturated heterocycles. The number of thioether (sulfide) groups is 1. The van der Waals surface area contributed by atoms with E-state index >= 15 is 0 Å². The third kappa shape index (κ3) is 4.56. The standard InChI is InChI=1S/C22H16BrCl2N5O3S/c23-14-4-2-1-3-12(14)21-32-9-17(33-21)34-22-29-18-19(26)27-10-28-20(18)30(22)8-16(31)13-6-5-11(24)7-15(13)25/h1-7,9-10,16,21,31H,8H2,(H2,26,27,28). The van der Waals surface area contributed by atoms with Gasteiger partial charge in [0.25, 0.3) is 6.29 Å². The largest absolute Gasteiger partial charge is 0.454 e. The number of hydrogen-bond acceptors (Lipinski definition) is 8. The van der Waals surface area contributed by atoms with Gasteiger partial charge in [0.05, 0.1) is 12.6 Å². The van der Waals surface area contributed by atoms with Gasteiger partial charge in [-0.1, -0.05) is 63.4 Å². The smallest absolute Gasteiger partial charge is 0.268 e. The van der Waals surface area contributed by atoms with E-state index in [2.05, 4.69) is 30.9 Å². The highest BCUT2D eigenvalue weighted by molar-refractivity contribution is 9.10. The molecule has 2 aromatic heterocycles. The first kappa shape index (κ1) is 23.3. The average molecular weight is 581 g/mol. The lowest BCUT2D eigenvalue weighted by Gasteiger charge is -2.16. The Morgan fingerprint density at radius 2 is 2.03 bits per heavy atom. The van der Waals surface area contributed by atoms with Crippen molar-refractivity contribution in [3.63, 3.8) is 0 Å². The molecule has 1 aliphatic heterocycles. The predicted molar refractivity (Wildman–Crippen MR) is 134 cm³/mol. The summed E-state index contributed by atoms with van der Waals surface area (Å²) in [6.07, 6.45) is 1.32. The minimum atomic E-state index is -0.958. The summed E-state index contributed by atoms with van der Waals surface area (Å²) in [5, 5.41) is 12.8. The molecule has 2 unspecified atom stereocenters. The maximum atomic E-state index is 11.0. The van der Waals surface area contributed by atoms with Crippen LogP contribution >= 0.6 is 50.9 Å². The molecule has 4 aromatic rings. The van der Waals surface area contributed by atoms with Crippen LogP contribution in [0, 0.1) is 0 Å². The fourth-order valence-corrected chi connectivity index (χ4v) is 5.27. The van der Waals surface area contributed by atoms with Gasteiger partial charge in [-0.3, -0.25) is 0 Å². The van der Waals surface area contributed by atoms with Gasteiger partial charge in [-0.15, -0.1) is 0 Å². The molecule has 2 atom stereocenters. The van der Waals surface area contributed by atoms with Gasteiger partial charge in [-0.05, 0) is 30.0 Å². The molecule has 0 aliphatic carbocycles. The lowest BCUT2D eigenvalue weighted by Crippen LogP contribution is -2.11. The lowest BCUT2D eigenvalue weighted by molar-refractivity contribution is -0.0279. The van der Waals surface area contributed by atoms with Crippen molar-refractivity contribution >= 4 is 67.9 Å². The number of benzene rings is 2. The van der Waals surface area contributed by atoms with Crippen molar-refractivity contribution in [2.45, 2.75) is 24.1 Å². The molecule has 3 heterocycles. The van der Waals surface area contributed by atoms with Crippen molar-refractivity contribution in [3.8, 4) is 0 Å². The molecular formula is C22H16BrCl2N5O3S. The zero-order valence-corrected chi connectivity index (χ0v) is 21.1. The molecule has 3 N–H and O–H groups in total. The number of rotatable bonds is 6. The topological polar surface area (TPSA) is 108 Å². The molecular weight excluding hydrogens is 565 g/mol. The summed E-state index contributed by atoms with van der Waals surface area (Å²) in [5.74, 6) is 0.230. The molecule has 0 fully saturated rings. The normalized spacial score (nSPS) is 16.2. The molecule has 34 heavy (non-hydrogen) atoms. The van der Waals surface area contributed by atoms with Crippen LogP contribution in [0.25, 0.3) is 11.2 Å². The number of anilines is 1. The zero-order valence-electron chi connectivity index (χ0n) is 17.2. The lowest BCUT2D eigenvalue weighted by atomic mass is 10.1. The van der Waals surface area contributed by atoms with Crippen LogP contribution in [0.4, 0.5) is 5.82 Å². The number of nitrogens with two attached hydrogens (primary N) is 1. The number of aliphatic hydroxyl groups is 1. The van der Waals surface area contributed by atoms with Crippen LogP contribution in [-0.2, 0) is 16.0 Å². The Morgan fingerprint density at radius 3 is 2.82 bits per heavy atom. The van der Waals surface area contributed by atoms with Gasteiger partial charge < -0.3 is 24.9 Å². The van der Waals surface area contributed by atoms with Crippen LogP contribution in [0.15, 0.2) is 69.8 Å². The van der Waals surface area contributed by atoms with Crippen LogP contribution < -0.4 is 5.73 Å². The highest BCUT2D eigenvalue weighted by Gasteiger charge is 2.27. The van der Waals surface area contributed by atoms with Crippen molar-refractivity contribution in [2.75, 3.05) is 5.73 Å². The summed E-state index contributed by atoms with van der Waals surface area (Å²) < 4.78 is 14.3. The van der Waals surface area contributed by atoms with Crippen LogP contribution in [0.3, 0.4) is 0 Å². The summed E-state index contributed by atoms with van der Waals surface area (Å²) in [5.41, 5.74) is 8.30. The highest BCUT2D eigenvalue weighted by Crippen LogP contribution is 2.40.